The van der Waals surface area contributed by atoms with Crippen LogP contribution >= 0.6 is 23.2 Å². The van der Waals surface area contributed by atoms with Crippen LogP contribution in [0.15, 0.2) is 44.8 Å². The van der Waals surface area contributed by atoms with Gasteiger partial charge in [-0.1, -0.05) is 29.3 Å². The van der Waals surface area contributed by atoms with Gasteiger partial charge in [-0.15, -0.1) is 0 Å². The van der Waals surface area contributed by atoms with E-state index < -0.39 is 20.6 Å². The molecular formula is C14H8Cl2N2O4S. The van der Waals surface area contributed by atoms with Gasteiger partial charge in [-0.3, -0.25) is 0 Å². The first-order valence-electron chi connectivity index (χ1n) is 6.23. The summed E-state index contributed by atoms with van der Waals surface area (Å²) in [4.78, 5) is 19.7. The molecule has 3 aromatic rings. The van der Waals surface area contributed by atoms with Crippen LogP contribution in [0.3, 0.4) is 0 Å². The molecule has 0 aliphatic carbocycles. The molecule has 0 fully saturated rings. The second kappa shape index (κ2) is 5.59. The van der Waals surface area contributed by atoms with Crippen LogP contribution in [-0.2, 0) is 9.84 Å². The fourth-order valence-corrected chi connectivity index (χ4v) is 3.10. The van der Waals surface area contributed by atoms with E-state index in [1.165, 1.54) is 12.3 Å². The third kappa shape index (κ3) is 2.95. The number of aromatic nitrogens is 2. The molecule has 23 heavy (non-hydrogen) atoms. The average Bonchev–Trinajstić information content (AvgIpc) is 2.46. The van der Waals surface area contributed by atoms with Gasteiger partial charge in [0.25, 0.3) is 0 Å². The summed E-state index contributed by atoms with van der Waals surface area (Å²) < 4.78 is 28.0. The Kier molecular flexibility index (Phi) is 3.87. The van der Waals surface area contributed by atoms with E-state index >= 15 is 0 Å². The summed E-state index contributed by atoms with van der Waals surface area (Å²) in [5, 5.41) is 0.510. The molecule has 0 bridgehead atoms. The van der Waals surface area contributed by atoms with Crippen LogP contribution in [0.5, 0.6) is 0 Å². The van der Waals surface area contributed by atoms with E-state index in [1.54, 1.807) is 18.2 Å². The number of sulfone groups is 1. The van der Waals surface area contributed by atoms with E-state index in [-0.39, 0.29) is 21.3 Å². The minimum atomic E-state index is -3.61. The van der Waals surface area contributed by atoms with Gasteiger partial charge < -0.3 is 4.42 Å². The summed E-state index contributed by atoms with van der Waals surface area (Å²) in [6, 6.07) is 6.30. The standard InChI is InChI=1S/C14H8Cl2N2O4S/c1-23(20,21)14-17-6-7-5-8(13(19)22-12(7)18-14)11-9(15)3-2-4-10(11)16/h2-6H,1H3. The third-order valence-electron chi connectivity index (χ3n) is 3.03. The van der Waals surface area contributed by atoms with E-state index in [1.807, 2.05) is 0 Å². The first-order valence-corrected chi connectivity index (χ1v) is 8.87. The lowest BCUT2D eigenvalue weighted by molar-refractivity contribution is 0.542. The van der Waals surface area contributed by atoms with E-state index in [9.17, 15) is 13.2 Å². The summed E-state index contributed by atoms with van der Waals surface area (Å²) in [6.45, 7) is 0. The topological polar surface area (TPSA) is 90.1 Å². The molecule has 2 heterocycles. The van der Waals surface area contributed by atoms with Gasteiger partial charge in [0.05, 0.1) is 21.0 Å². The Balaban J connectivity index is 2.30. The highest BCUT2D eigenvalue weighted by molar-refractivity contribution is 7.90. The minimum Gasteiger partial charge on any atom is -0.403 e. The number of nitrogens with zero attached hydrogens (tertiary/aromatic N) is 2. The molecule has 0 spiro atoms. The van der Waals surface area contributed by atoms with E-state index in [4.69, 9.17) is 27.6 Å². The SMILES string of the molecule is CS(=O)(=O)c1ncc2cc(-c3c(Cl)cccc3Cl)c(=O)oc2n1. The second-order valence-corrected chi connectivity index (χ2v) is 7.45. The van der Waals surface area contributed by atoms with Gasteiger partial charge in [0.15, 0.2) is 0 Å². The van der Waals surface area contributed by atoms with Crippen molar-refractivity contribution in [3.63, 3.8) is 0 Å². The van der Waals surface area contributed by atoms with Crippen molar-refractivity contribution in [1.82, 2.24) is 9.97 Å². The van der Waals surface area contributed by atoms with Crippen LogP contribution < -0.4 is 5.63 Å². The highest BCUT2D eigenvalue weighted by atomic mass is 35.5. The minimum absolute atomic E-state index is 0.127. The molecule has 6 nitrogen and oxygen atoms in total. The maximum Gasteiger partial charge on any atom is 0.345 e. The molecule has 0 aliphatic rings. The predicted molar refractivity (Wildman–Crippen MR) is 86.6 cm³/mol. The lowest BCUT2D eigenvalue weighted by Crippen LogP contribution is -2.07. The Morgan fingerprint density at radius 3 is 2.43 bits per heavy atom. The second-order valence-electron chi connectivity index (χ2n) is 4.73. The van der Waals surface area contributed by atoms with Crippen molar-refractivity contribution in [2.75, 3.05) is 6.26 Å². The monoisotopic (exact) mass is 370 g/mol. The Morgan fingerprint density at radius 2 is 1.83 bits per heavy atom. The van der Waals surface area contributed by atoms with Gasteiger partial charge >= 0.3 is 5.63 Å². The first-order chi connectivity index (χ1) is 10.8. The van der Waals surface area contributed by atoms with Crippen molar-refractivity contribution in [2.45, 2.75) is 5.16 Å². The van der Waals surface area contributed by atoms with Crippen LogP contribution in [0.2, 0.25) is 10.0 Å². The Hall–Kier alpha value is -1.96. The molecule has 0 saturated heterocycles. The van der Waals surface area contributed by atoms with Crippen LogP contribution in [0.1, 0.15) is 0 Å². The molecule has 0 atom stereocenters. The smallest absolute Gasteiger partial charge is 0.345 e. The molecule has 2 aromatic heterocycles. The fraction of sp³-hybridized carbons (Fsp3) is 0.0714. The summed E-state index contributed by atoms with van der Waals surface area (Å²) in [5.74, 6) is 0. The molecule has 0 amide bonds. The van der Waals surface area contributed by atoms with Gasteiger partial charge in [0.1, 0.15) is 0 Å². The zero-order valence-electron chi connectivity index (χ0n) is 11.6. The number of rotatable bonds is 2. The van der Waals surface area contributed by atoms with Gasteiger partial charge in [-0.05, 0) is 18.2 Å². The predicted octanol–water partition coefficient (Wildman–Crippen LogP) is 2.96. The molecule has 0 unspecified atom stereocenters. The number of halogens is 2. The molecule has 9 heteroatoms. The largest absolute Gasteiger partial charge is 0.403 e. The molecule has 3 rings (SSSR count). The van der Waals surface area contributed by atoms with Crippen LogP contribution in [0.4, 0.5) is 0 Å². The zero-order valence-corrected chi connectivity index (χ0v) is 13.9. The Morgan fingerprint density at radius 1 is 1.17 bits per heavy atom. The van der Waals surface area contributed by atoms with E-state index in [2.05, 4.69) is 9.97 Å². The Labute approximate surface area is 140 Å². The maximum atomic E-state index is 12.2. The fourth-order valence-electron chi connectivity index (χ4n) is 2.01. The zero-order chi connectivity index (χ0) is 16.8. The van der Waals surface area contributed by atoms with Crippen LogP contribution in [-0.4, -0.2) is 24.6 Å². The summed E-state index contributed by atoms with van der Waals surface area (Å²) in [6.07, 6.45) is 2.22. The molecule has 118 valence electrons. The van der Waals surface area contributed by atoms with Gasteiger partial charge in [0, 0.05) is 18.0 Å². The first kappa shape index (κ1) is 15.9. The quantitative estimate of drug-likeness (QED) is 0.644. The summed E-state index contributed by atoms with van der Waals surface area (Å²) >= 11 is 12.2. The average molecular weight is 371 g/mol. The number of hydrogen-bond donors (Lipinski definition) is 0. The van der Waals surface area contributed by atoms with Crippen LogP contribution in [0.25, 0.3) is 22.2 Å². The molecule has 1 aromatic carbocycles. The van der Waals surface area contributed by atoms with Gasteiger partial charge in [-0.25, -0.2) is 18.2 Å². The third-order valence-corrected chi connectivity index (χ3v) is 4.52. The van der Waals surface area contributed by atoms with Crippen molar-refractivity contribution in [1.29, 1.82) is 0 Å². The number of fused-ring (bicyclic) bond motifs is 1. The molecular weight excluding hydrogens is 363 g/mol. The van der Waals surface area contributed by atoms with Gasteiger partial charge in [-0.2, -0.15) is 4.98 Å². The lowest BCUT2D eigenvalue weighted by atomic mass is 10.1. The summed E-state index contributed by atoms with van der Waals surface area (Å²) in [5.41, 5.74) is -0.384. The van der Waals surface area contributed by atoms with E-state index in [0.717, 1.165) is 6.26 Å². The van der Waals surface area contributed by atoms with Crippen LogP contribution in [0, 0.1) is 0 Å². The molecule has 0 N–H and O–H groups in total. The number of hydrogen-bond acceptors (Lipinski definition) is 6. The molecule has 0 saturated carbocycles. The molecule has 0 radical (unpaired) electrons. The highest BCUT2D eigenvalue weighted by Gasteiger charge is 2.17. The van der Waals surface area contributed by atoms with Crippen molar-refractivity contribution >= 4 is 44.1 Å². The van der Waals surface area contributed by atoms with Crippen molar-refractivity contribution < 1.29 is 12.8 Å². The Bertz CT molecular complexity index is 1070. The lowest BCUT2D eigenvalue weighted by Gasteiger charge is -2.06. The maximum absolute atomic E-state index is 12.2. The van der Waals surface area contributed by atoms with Crippen molar-refractivity contribution in [2.24, 2.45) is 0 Å². The van der Waals surface area contributed by atoms with Crippen molar-refractivity contribution in [3.8, 4) is 11.1 Å². The summed E-state index contributed by atoms with van der Waals surface area (Å²) in [7, 11) is -3.61. The normalized spacial score (nSPS) is 11.8. The highest BCUT2D eigenvalue weighted by Crippen LogP contribution is 2.33. The van der Waals surface area contributed by atoms with Crippen molar-refractivity contribution in [3.05, 3.63) is 50.9 Å². The van der Waals surface area contributed by atoms with Gasteiger partial charge in [0.2, 0.25) is 20.7 Å². The number of benzene rings is 1. The van der Waals surface area contributed by atoms with E-state index in [0.29, 0.717) is 10.9 Å². The molecule has 0 aliphatic heterocycles.